The molecule has 0 aliphatic heterocycles. The number of carbonyl (C=O) groups is 1. The van der Waals surface area contributed by atoms with E-state index in [4.69, 9.17) is 23.2 Å². The molecule has 2 aromatic rings. The van der Waals surface area contributed by atoms with Crippen molar-refractivity contribution in [2.24, 2.45) is 0 Å². The van der Waals surface area contributed by atoms with Gasteiger partial charge in [0, 0.05) is 27.8 Å². The first-order valence-electron chi connectivity index (χ1n) is 7.27. The van der Waals surface area contributed by atoms with Gasteiger partial charge in [-0.3, -0.25) is 4.79 Å². The molecule has 2 rings (SSSR count). The van der Waals surface area contributed by atoms with E-state index >= 15 is 0 Å². The van der Waals surface area contributed by atoms with Gasteiger partial charge in [-0.05, 0) is 38.5 Å². The number of hydrogen-bond donors (Lipinski definition) is 2. The number of amides is 1. The van der Waals surface area contributed by atoms with Gasteiger partial charge in [0.05, 0.1) is 0 Å². The molecule has 0 fully saturated rings. The lowest BCUT2D eigenvalue weighted by Gasteiger charge is -2.13. The minimum atomic E-state index is -0.346. The van der Waals surface area contributed by atoms with Crippen molar-refractivity contribution >= 4 is 40.6 Å². The Labute approximate surface area is 145 Å². The summed E-state index contributed by atoms with van der Waals surface area (Å²) in [5, 5.41) is 6.87. The molecule has 0 saturated heterocycles. The molecule has 122 valence electrons. The second kappa shape index (κ2) is 7.62. The number of carbonyl (C=O) groups excluding carboxylic acids is 1. The van der Waals surface area contributed by atoms with Crippen molar-refractivity contribution in [2.75, 3.05) is 10.6 Å². The summed E-state index contributed by atoms with van der Waals surface area (Å²) in [6.45, 7) is 5.86. The van der Waals surface area contributed by atoms with Crippen molar-refractivity contribution in [1.82, 2.24) is 9.97 Å². The minimum absolute atomic E-state index is 0.256. The van der Waals surface area contributed by atoms with Gasteiger partial charge in [-0.2, -0.15) is 0 Å². The summed E-state index contributed by atoms with van der Waals surface area (Å²) >= 11 is 11.9. The predicted octanol–water partition coefficient (Wildman–Crippen LogP) is 4.55. The number of halogens is 2. The van der Waals surface area contributed by atoms with Crippen molar-refractivity contribution < 1.29 is 4.79 Å². The summed E-state index contributed by atoms with van der Waals surface area (Å²) in [5.74, 6) is 0.801. The van der Waals surface area contributed by atoms with Crippen LogP contribution in [0.25, 0.3) is 0 Å². The molecule has 1 heterocycles. The number of nitrogens with zero attached hydrogens (tertiary/aromatic N) is 2. The maximum Gasteiger partial charge on any atom is 0.274 e. The smallest absolute Gasteiger partial charge is 0.274 e. The van der Waals surface area contributed by atoms with Gasteiger partial charge >= 0.3 is 0 Å². The van der Waals surface area contributed by atoms with E-state index in [-0.39, 0.29) is 17.6 Å². The second-order valence-electron chi connectivity index (χ2n) is 5.25. The number of benzene rings is 1. The van der Waals surface area contributed by atoms with Crippen molar-refractivity contribution in [3.8, 4) is 0 Å². The number of nitrogens with one attached hydrogen (secondary N) is 2. The Morgan fingerprint density at radius 1 is 1.17 bits per heavy atom. The monoisotopic (exact) mass is 352 g/mol. The zero-order valence-electron chi connectivity index (χ0n) is 13.2. The van der Waals surface area contributed by atoms with Crippen molar-refractivity contribution in [1.29, 1.82) is 0 Å². The second-order valence-corrected chi connectivity index (χ2v) is 6.12. The summed E-state index contributed by atoms with van der Waals surface area (Å²) in [6.07, 6.45) is 0.950. The van der Waals surface area contributed by atoms with E-state index in [0.29, 0.717) is 27.4 Å². The van der Waals surface area contributed by atoms with Crippen LogP contribution in [0.3, 0.4) is 0 Å². The summed E-state index contributed by atoms with van der Waals surface area (Å²) in [6, 6.07) is 6.73. The zero-order valence-corrected chi connectivity index (χ0v) is 14.7. The molecule has 1 aromatic carbocycles. The van der Waals surface area contributed by atoms with Crippen LogP contribution in [-0.2, 0) is 0 Å². The molecule has 0 aliphatic rings. The van der Waals surface area contributed by atoms with E-state index in [1.54, 1.807) is 31.2 Å². The molecule has 0 saturated carbocycles. The van der Waals surface area contributed by atoms with E-state index in [1.165, 1.54) is 0 Å². The first-order valence-corrected chi connectivity index (χ1v) is 8.02. The van der Waals surface area contributed by atoms with Crippen LogP contribution in [-0.4, -0.2) is 21.9 Å². The molecule has 0 bridgehead atoms. The van der Waals surface area contributed by atoms with Crippen LogP contribution in [0.4, 0.5) is 11.5 Å². The van der Waals surface area contributed by atoms with Crippen molar-refractivity contribution in [2.45, 2.75) is 33.2 Å². The lowest BCUT2D eigenvalue weighted by molar-refractivity contribution is 0.102. The number of hydrogen-bond acceptors (Lipinski definition) is 4. The third kappa shape index (κ3) is 5.08. The molecule has 0 radical (unpaired) electrons. The topological polar surface area (TPSA) is 66.9 Å². The molecular weight excluding hydrogens is 335 g/mol. The molecule has 1 atom stereocenters. The maximum atomic E-state index is 12.4. The molecule has 1 amide bonds. The normalized spacial score (nSPS) is 11.9. The highest BCUT2D eigenvalue weighted by Crippen LogP contribution is 2.23. The Balaban J connectivity index is 2.21. The molecule has 1 unspecified atom stereocenters. The fourth-order valence-electron chi connectivity index (χ4n) is 1.93. The van der Waals surface area contributed by atoms with E-state index in [2.05, 4.69) is 27.5 Å². The van der Waals surface area contributed by atoms with E-state index in [9.17, 15) is 4.79 Å². The average molecular weight is 353 g/mol. The Kier molecular flexibility index (Phi) is 5.80. The molecule has 23 heavy (non-hydrogen) atoms. The summed E-state index contributed by atoms with van der Waals surface area (Å²) < 4.78 is 0. The Bertz CT molecular complexity index is 701. The van der Waals surface area contributed by atoms with Gasteiger partial charge in [0.2, 0.25) is 0 Å². The standard InChI is InChI=1S/C16H18Cl2N4O/c1-4-9(2)19-15-8-14(20-10(3)21-15)16(23)22-13-6-11(17)5-12(18)7-13/h5-9H,4H2,1-3H3,(H,22,23)(H,19,20,21). The highest BCUT2D eigenvalue weighted by molar-refractivity contribution is 6.35. The third-order valence-electron chi connectivity index (χ3n) is 3.20. The van der Waals surface area contributed by atoms with Gasteiger partial charge in [0.25, 0.3) is 5.91 Å². The first-order chi connectivity index (χ1) is 10.9. The molecule has 0 spiro atoms. The van der Waals surface area contributed by atoms with Crippen LogP contribution in [0.1, 0.15) is 36.6 Å². The van der Waals surface area contributed by atoms with Gasteiger partial charge in [-0.15, -0.1) is 0 Å². The molecule has 7 heteroatoms. The van der Waals surface area contributed by atoms with Crippen molar-refractivity contribution in [3.05, 3.63) is 45.8 Å². The quantitative estimate of drug-likeness (QED) is 0.827. The highest BCUT2D eigenvalue weighted by atomic mass is 35.5. The lowest BCUT2D eigenvalue weighted by atomic mass is 10.2. The van der Waals surface area contributed by atoms with Gasteiger partial charge in [-0.25, -0.2) is 9.97 Å². The van der Waals surface area contributed by atoms with Crippen LogP contribution in [0, 0.1) is 6.92 Å². The number of rotatable bonds is 5. The highest BCUT2D eigenvalue weighted by Gasteiger charge is 2.12. The molecule has 5 nitrogen and oxygen atoms in total. The largest absolute Gasteiger partial charge is 0.368 e. The fraction of sp³-hybridized carbons (Fsp3) is 0.312. The zero-order chi connectivity index (χ0) is 17.0. The maximum absolute atomic E-state index is 12.4. The Morgan fingerprint density at radius 3 is 2.43 bits per heavy atom. The third-order valence-corrected chi connectivity index (χ3v) is 3.63. The van der Waals surface area contributed by atoms with Crippen LogP contribution in [0.15, 0.2) is 24.3 Å². The number of aryl methyl sites for hydroxylation is 1. The van der Waals surface area contributed by atoms with E-state index in [1.807, 2.05) is 6.92 Å². The van der Waals surface area contributed by atoms with Gasteiger partial charge in [0.15, 0.2) is 0 Å². The number of anilines is 2. The summed E-state index contributed by atoms with van der Waals surface area (Å²) in [4.78, 5) is 20.9. The summed E-state index contributed by atoms with van der Waals surface area (Å²) in [7, 11) is 0. The van der Waals surface area contributed by atoms with Gasteiger partial charge in [0.1, 0.15) is 17.3 Å². The van der Waals surface area contributed by atoms with Crippen LogP contribution in [0.5, 0.6) is 0 Å². The Hall–Kier alpha value is -1.85. The Morgan fingerprint density at radius 2 is 1.83 bits per heavy atom. The van der Waals surface area contributed by atoms with E-state index in [0.717, 1.165) is 6.42 Å². The van der Waals surface area contributed by atoms with Crippen LogP contribution >= 0.6 is 23.2 Å². The minimum Gasteiger partial charge on any atom is -0.368 e. The van der Waals surface area contributed by atoms with Gasteiger partial charge < -0.3 is 10.6 Å². The van der Waals surface area contributed by atoms with Crippen LogP contribution in [0.2, 0.25) is 10.0 Å². The fourth-order valence-corrected chi connectivity index (χ4v) is 2.46. The molecular formula is C16H18Cl2N4O. The first kappa shape index (κ1) is 17.5. The average Bonchev–Trinajstić information content (AvgIpc) is 2.45. The van der Waals surface area contributed by atoms with Crippen molar-refractivity contribution in [3.63, 3.8) is 0 Å². The lowest BCUT2D eigenvalue weighted by Crippen LogP contribution is -2.18. The van der Waals surface area contributed by atoms with Gasteiger partial charge in [-0.1, -0.05) is 30.1 Å². The SMILES string of the molecule is CCC(C)Nc1cc(C(=O)Nc2cc(Cl)cc(Cl)c2)nc(C)n1. The van der Waals surface area contributed by atoms with E-state index < -0.39 is 0 Å². The molecule has 0 aliphatic carbocycles. The molecule has 2 N–H and O–H groups in total. The van der Waals surface area contributed by atoms with Crippen LogP contribution < -0.4 is 10.6 Å². The predicted molar refractivity (Wildman–Crippen MR) is 94.6 cm³/mol. The summed E-state index contributed by atoms with van der Waals surface area (Å²) in [5.41, 5.74) is 0.791. The number of aromatic nitrogens is 2. The molecule has 1 aromatic heterocycles.